The molecule has 1 saturated heterocycles. The number of nitrogens with two attached hydrogens (primary N) is 1. The second kappa shape index (κ2) is 10.6. The summed E-state index contributed by atoms with van der Waals surface area (Å²) in [7, 11) is -1.74. The highest BCUT2D eigenvalue weighted by atomic mass is 28.4. The number of fused-ring (bicyclic) bond motifs is 2. The van der Waals surface area contributed by atoms with Gasteiger partial charge in [0.2, 0.25) is 5.88 Å². The highest BCUT2D eigenvalue weighted by Crippen LogP contribution is 2.38. The van der Waals surface area contributed by atoms with Crippen molar-refractivity contribution in [2.75, 3.05) is 31.2 Å². The molecule has 4 aromatic rings. The highest BCUT2D eigenvalue weighted by Gasteiger charge is 2.38. The maximum absolute atomic E-state index is 6.52. The van der Waals surface area contributed by atoms with Gasteiger partial charge in [0.1, 0.15) is 29.7 Å². The Morgan fingerprint density at radius 3 is 2.69 bits per heavy atom. The van der Waals surface area contributed by atoms with E-state index in [2.05, 4.69) is 54.8 Å². The molecule has 206 valence electrons. The zero-order valence-electron chi connectivity index (χ0n) is 23.5. The number of furan rings is 1. The molecule has 1 fully saturated rings. The molecule has 1 aliphatic rings. The number of aromatic nitrogens is 4. The Kier molecular flexibility index (Phi) is 7.42. The maximum Gasteiger partial charge on any atom is 0.231 e. The van der Waals surface area contributed by atoms with Crippen LogP contribution in [0.1, 0.15) is 33.6 Å². The van der Waals surface area contributed by atoms with E-state index in [9.17, 15) is 0 Å². The monoisotopic (exact) mass is 546 g/mol. The number of anilines is 1. The summed E-state index contributed by atoms with van der Waals surface area (Å²) in [4.78, 5) is 11.6. The number of hydrogen-bond donors (Lipinski definition) is 1. The Morgan fingerprint density at radius 1 is 1.21 bits per heavy atom. The molecule has 39 heavy (non-hydrogen) atoms. The predicted molar refractivity (Wildman–Crippen MR) is 156 cm³/mol. The topological polar surface area (TPSA) is 104 Å². The van der Waals surface area contributed by atoms with Crippen LogP contribution in [0.3, 0.4) is 0 Å². The van der Waals surface area contributed by atoms with E-state index in [1.54, 1.807) is 16.8 Å². The molecule has 0 aromatic carbocycles. The summed E-state index contributed by atoms with van der Waals surface area (Å²) in [6.07, 6.45) is 11.1. The molecule has 2 N–H and O–H groups in total. The highest BCUT2D eigenvalue weighted by molar-refractivity contribution is 6.74. The SMILES string of the molecule is C#C[C@H](N)COc1ccc2ncc(-c3cc4c(N5CCC(CO[Si](C)(C)C(C)(C)C)CC5)nccc4o3)n2n1. The van der Waals surface area contributed by atoms with Gasteiger partial charge in [-0.25, -0.2) is 14.5 Å². The Bertz CT molecular complexity index is 1490. The first-order valence-corrected chi connectivity index (χ1v) is 16.4. The molecular formula is C29H38N6O3Si. The fraction of sp³-hybridized carbons (Fsp3) is 0.483. The number of nitrogens with zero attached hydrogens (tertiary/aromatic N) is 5. The van der Waals surface area contributed by atoms with Crippen molar-refractivity contribution in [3.8, 4) is 29.7 Å². The molecule has 9 nitrogen and oxygen atoms in total. The first kappa shape index (κ1) is 27.2. The fourth-order valence-corrected chi connectivity index (χ4v) is 5.59. The van der Waals surface area contributed by atoms with Crippen LogP contribution in [0, 0.1) is 18.3 Å². The van der Waals surface area contributed by atoms with Gasteiger partial charge in [0, 0.05) is 32.0 Å². The van der Waals surface area contributed by atoms with Crippen molar-refractivity contribution in [2.24, 2.45) is 11.7 Å². The number of rotatable bonds is 8. The van der Waals surface area contributed by atoms with Crippen LogP contribution < -0.4 is 15.4 Å². The smallest absolute Gasteiger partial charge is 0.231 e. The molecular weight excluding hydrogens is 508 g/mol. The number of hydrogen-bond acceptors (Lipinski definition) is 8. The van der Waals surface area contributed by atoms with Crippen molar-refractivity contribution in [3.63, 3.8) is 0 Å². The van der Waals surface area contributed by atoms with Gasteiger partial charge in [-0.05, 0) is 55.1 Å². The second-order valence-corrected chi connectivity index (χ2v) is 16.6. The molecule has 5 rings (SSSR count). The summed E-state index contributed by atoms with van der Waals surface area (Å²) < 4.78 is 20.2. The van der Waals surface area contributed by atoms with Gasteiger partial charge in [0.25, 0.3) is 0 Å². The molecule has 0 spiro atoms. The minimum absolute atomic E-state index is 0.178. The lowest BCUT2D eigenvalue weighted by Crippen LogP contribution is -2.43. The number of imidazole rings is 1. The first-order valence-electron chi connectivity index (χ1n) is 13.5. The molecule has 4 aromatic heterocycles. The van der Waals surface area contributed by atoms with Crippen LogP contribution in [-0.4, -0.2) is 60.2 Å². The van der Waals surface area contributed by atoms with Crippen LogP contribution in [0.25, 0.3) is 28.1 Å². The van der Waals surface area contributed by atoms with Crippen LogP contribution >= 0.6 is 0 Å². The zero-order valence-corrected chi connectivity index (χ0v) is 24.5. The Labute approximate surface area is 230 Å². The average Bonchev–Trinajstić information content (AvgIpc) is 3.54. The van der Waals surface area contributed by atoms with E-state index in [0.717, 1.165) is 55.0 Å². The van der Waals surface area contributed by atoms with Gasteiger partial charge in [-0.2, -0.15) is 0 Å². The van der Waals surface area contributed by atoms with Gasteiger partial charge >= 0.3 is 0 Å². The minimum Gasteiger partial charge on any atom is -0.474 e. The summed E-state index contributed by atoms with van der Waals surface area (Å²) >= 11 is 0. The van der Waals surface area contributed by atoms with Crippen LogP contribution in [0.5, 0.6) is 5.88 Å². The molecule has 0 radical (unpaired) electrons. The molecule has 0 unspecified atom stereocenters. The lowest BCUT2D eigenvalue weighted by atomic mass is 9.98. The van der Waals surface area contributed by atoms with E-state index in [-0.39, 0.29) is 11.6 Å². The minimum atomic E-state index is -1.74. The van der Waals surface area contributed by atoms with Gasteiger partial charge in [-0.15, -0.1) is 11.5 Å². The normalized spacial score (nSPS) is 16.1. The summed E-state index contributed by atoms with van der Waals surface area (Å²) in [6, 6.07) is 7.01. The number of pyridine rings is 1. The quantitative estimate of drug-likeness (QED) is 0.240. The van der Waals surface area contributed by atoms with E-state index in [1.807, 2.05) is 24.4 Å². The van der Waals surface area contributed by atoms with Crippen molar-refractivity contribution in [3.05, 3.63) is 36.7 Å². The van der Waals surface area contributed by atoms with Crippen LogP contribution in [0.15, 0.2) is 41.1 Å². The average molecular weight is 547 g/mol. The van der Waals surface area contributed by atoms with Crippen LogP contribution in [0.4, 0.5) is 5.82 Å². The fourth-order valence-electron chi connectivity index (χ4n) is 4.51. The molecule has 0 bridgehead atoms. The van der Waals surface area contributed by atoms with E-state index in [4.69, 9.17) is 30.7 Å². The standard InChI is InChI=1S/C29H38N6O3Si/c1-7-21(30)19-36-27-9-8-26-32-17-23(35(26)33-27)25-16-22-24(38-25)10-13-31-28(22)34-14-11-20(12-15-34)18-37-39(5,6)29(2,3)4/h1,8-10,13,16-17,20-21H,11-12,14-15,18-19,30H2,2-6H3/t21-/m0/s1. The Hall–Kier alpha value is -3.39. The van der Waals surface area contributed by atoms with Crippen LogP contribution in [-0.2, 0) is 4.43 Å². The molecule has 1 aliphatic heterocycles. The molecule has 0 amide bonds. The number of terminal acetylenes is 1. The third-order valence-corrected chi connectivity index (χ3v) is 12.5. The van der Waals surface area contributed by atoms with Crippen molar-refractivity contribution < 1.29 is 13.6 Å². The molecule has 10 heteroatoms. The van der Waals surface area contributed by atoms with Gasteiger partial charge in [0.05, 0.1) is 11.6 Å². The summed E-state index contributed by atoms with van der Waals surface area (Å²) in [5, 5.41) is 5.78. The van der Waals surface area contributed by atoms with Crippen molar-refractivity contribution in [2.45, 2.75) is 57.8 Å². The first-order chi connectivity index (χ1) is 18.6. The van der Waals surface area contributed by atoms with Crippen molar-refractivity contribution in [1.82, 2.24) is 19.6 Å². The van der Waals surface area contributed by atoms with E-state index in [1.165, 1.54) is 0 Å². The van der Waals surface area contributed by atoms with Crippen molar-refractivity contribution in [1.29, 1.82) is 0 Å². The maximum atomic E-state index is 6.52. The largest absolute Gasteiger partial charge is 0.474 e. The zero-order chi connectivity index (χ0) is 27.8. The Morgan fingerprint density at radius 2 is 1.97 bits per heavy atom. The predicted octanol–water partition coefficient (Wildman–Crippen LogP) is 5.12. The summed E-state index contributed by atoms with van der Waals surface area (Å²) in [6.45, 7) is 14.4. The van der Waals surface area contributed by atoms with Gasteiger partial charge < -0.3 is 24.2 Å². The Balaban J connectivity index is 1.32. The lowest BCUT2D eigenvalue weighted by Gasteiger charge is -2.39. The molecule has 0 aliphatic carbocycles. The van der Waals surface area contributed by atoms with Crippen LogP contribution in [0.2, 0.25) is 18.1 Å². The van der Waals surface area contributed by atoms with Gasteiger partial charge in [0.15, 0.2) is 19.7 Å². The molecule has 5 heterocycles. The molecule has 0 saturated carbocycles. The second-order valence-electron chi connectivity index (χ2n) is 11.8. The number of ether oxygens (including phenoxy) is 1. The van der Waals surface area contributed by atoms with Gasteiger partial charge in [-0.1, -0.05) is 26.7 Å². The van der Waals surface area contributed by atoms with Crippen molar-refractivity contribution >= 4 is 30.8 Å². The lowest BCUT2D eigenvalue weighted by molar-refractivity contribution is 0.205. The van der Waals surface area contributed by atoms with E-state index < -0.39 is 14.4 Å². The number of piperidine rings is 1. The molecule has 1 atom stereocenters. The summed E-state index contributed by atoms with van der Waals surface area (Å²) in [5.74, 6) is 5.04. The van der Waals surface area contributed by atoms with E-state index in [0.29, 0.717) is 23.2 Å². The van der Waals surface area contributed by atoms with E-state index >= 15 is 0 Å². The third-order valence-electron chi connectivity index (χ3n) is 8.04. The summed E-state index contributed by atoms with van der Waals surface area (Å²) in [5.41, 5.74) is 7.95. The third kappa shape index (κ3) is 5.66. The van der Waals surface area contributed by atoms with Gasteiger partial charge in [-0.3, -0.25) is 0 Å².